The summed E-state index contributed by atoms with van der Waals surface area (Å²) in [5.41, 5.74) is 1.86. The summed E-state index contributed by atoms with van der Waals surface area (Å²) in [6, 6.07) is 0. The van der Waals surface area contributed by atoms with Crippen LogP contribution in [0.2, 0.25) is 0 Å². The van der Waals surface area contributed by atoms with E-state index in [0.29, 0.717) is 0 Å². The number of carboxylic acid groups (broad SMARTS) is 2. The van der Waals surface area contributed by atoms with Crippen molar-refractivity contribution in [1.29, 1.82) is 0 Å². The third-order valence-corrected chi connectivity index (χ3v) is 0.494. The maximum Gasteiger partial charge on any atom is 1.00 e. The Morgan fingerprint density at radius 3 is 1.43 bits per heavy atom. The Morgan fingerprint density at radius 2 is 1.43 bits per heavy atom. The molecule has 0 saturated heterocycles. The van der Waals surface area contributed by atoms with E-state index in [4.69, 9.17) is 19.8 Å². The Balaban J connectivity index is -0.0000000625. The number of hydrazine groups is 1. The van der Waals surface area contributed by atoms with Crippen molar-refractivity contribution in [2.75, 3.05) is 0 Å². The number of hydrogen-bond donors (Lipinski definition) is 2. The Bertz CT molecular complexity index is 194. The van der Waals surface area contributed by atoms with Crippen molar-refractivity contribution in [3.8, 4) is 0 Å². The van der Waals surface area contributed by atoms with Crippen LogP contribution in [0.4, 0.5) is 0 Å². The van der Waals surface area contributed by atoms with Crippen LogP contribution in [0.5, 0.6) is 0 Å². The van der Waals surface area contributed by atoms with Crippen LogP contribution in [0.1, 0.15) is 0 Å². The van der Waals surface area contributed by atoms with E-state index in [1.54, 1.807) is 0 Å². The third kappa shape index (κ3) is 23.3. The van der Waals surface area contributed by atoms with Crippen molar-refractivity contribution >= 4 is 17.8 Å². The van der Waals surface area contributed by atoms with Crippen LogP contribution >= 0.6 is 0 Å². The topological polar surface area (TPSA) is 135 Å². The second-order valence-electron chi connectivity index (χ2n) is 1.29. The molecular weight excluding hydrogens is 246 g/mol. The number of carbonyl (C=O) groups excluding carboxylic acids is 3. The molecule has 0 aromatic rings. The molecule has 0 fully saturated rings. The molecule has 0 aromatic heterocycles. The number of hydrogen-bond acceptors (Lipinski definition) is 6. The first kappa shape index (κ1) is 24.6. The van der Waals surface area contributed by atoms with Crippen LogP contribution in [0.15, 0.2) is 12.7 Å². The predicted molar refractivity (Wildman–Crippen MR) is 32.5 cm³/mol. The number of nitrogens with one attached hydrogen (secondary N) is 1. The van der Waals surface area contributed by atoms with Gasteiger partial charge >= 0.3 is 103 Å². The molecule has 0 aliphatic heterocycles. The van der Waals surface area contributed by atoms with Crippen LogP contribution < -0.4 is 124 Å². The summed E-state index contributed by atoms with van der Waals surface area (Å²) >= 11 is 0. The van der Waals surface area contributed by atoms with Gasteiger partial charge in [0.1, 0.15) is 0 Å². The molecule has 0 unspecified atom stereocenters. The van der Waals surface area contributed by atoms with Gasteiger partial charge in [-0.1, -0.05) is 6.58 Å². The Labute approximate surface area is 165 Å². The van der Waals surface area contributed by atoms with Gasteiger partial charge < -0.3 is 19.8 Å². The molecule has 0 radical (unpaired) electrons. The van der Waals surface area contributed by atoms with E-state index in [1.807, 2.05) is 5.43 Å². The summed E-state index contributed by atoms with van der Waals surface area (Å²) in [4.78, 5) is 27.7. The molecule has 3 N–H and O–H groups in total. The molecule has 0 atom stereocenters. The zero-order valence-corrected chi connectivity index (χ0v) is 14.1. The minimum atomic E-state index is -2.19. The summed E-state index contributed by atoms with van der Waals surface area (Å²) < 4.78 is 0. The zero-order chi connectivity index (χ0) is 10.1. The quantitative estimate of drug-likeness (QED) is 0.119. The van der Waals surface area contributed by atoms with Crippen molar-refractivity contribution in [1.82, 2.24) is 5.43 Å². The summed E-state index contributed by atoms with van der Waals surface area (Å²) in [5, 5.41) is 17.9. The molecule has 0 aliphatic rings. The van der Waals surface area contributed by atoms with Gasteiger partial charge in [-0.15, -0.1) is 0 Å². The molecular formula is C5H6K2N2O5. The van der Waals surface area contributed by atoms with Crippen molar-refractivity contribution in [3.63, 3.8) is 0 Å². The Kier molecular flexibility index (Phi) is 29.5. The van der Waals surface area contributed by atoms with Gasteiger partial charge in [-0.3, -0.25) is 10.2 Å². The van der Waals surface area contributed by atoms with Gasteiger partial charge in [-0.25, -0.2) is 5.84 Å². The van der Waals surface area contributed by atoms with Crippen molar-refractivity contribution in [3.05, 3.63) is 12.7 Å². The molecule has 1 amide bonds. The number of rotatable bonds is 1. The van der Waals surface area contributed by atoms with Gasteiger partial charge in [0.25, 0.3) is 5.91 Å². The average molecular weight is 252 g/mol. The molecule has 0 heterocycles. The summed E-state index contributed by atoms with van der Waals surface area (Å²) in [6.45, 7) is 3.14. The largest absolute Gasteiger partial charge is 1.00 e. The minimum Gasteiger partial charge on any atom is -0.543 e. The van der Waals surface area contributed by atoms with Crippen LogP contribution in [0, 0.1) is 0 Å². The normalized spacial score (nSPS) is 6.07. The van der Waals surface area contributed by atoms with Gasteiger partial charge in [0.05, 0.1) is 11.9 Å². The molecule has 0 bridgehead atoms. The summed E-state index contributed by atoms with van der Waals surface area (Å²) in [6.07, 6.45) is 1.10. The fraction of sp³-hybridized carbons (Fsp3) is 0. The minimum absolute atomic E-state index is 0. The zero-order valence-electron chi connectivity index (χ0n) is 7.90. The second kappa shape index (κ2) is 16.8. The first-order valence-corrected chi connectivity index (χ1v) is 2.51. The fourth-order valence-corrected chi connectivity index (χ4v) is 0.0589. The first-order chi connectivity index (χ1) is 5.45. The van der Waals surface area contributed by atoms with Gasteiger partial charge in [-0.2, -0.15) is 0 Å². The van der Waals surface area contributed by atoms with Crippen molar-refractivity contribution in [2.24, 2.45) is 5.84 Å². The van der Waals surface area contributed by atoms with Gasteiger partial charge in [0, 0.05) is 0 Å². The maximum absolute atomic E-state index is 9.83. The molecule has 9 heteroatoms. The molecule has 14 heavy (non-hydrogen) atoms. The van der Waals surface area contributed by atoms with Gasteiger partial charge in [0.15, 0.2) is 0 Å². The van der Waals surface area contributed by atoms with Gasteiger partial charge in [-0.05, 0) is 6.08 Å². The second-order valence-corrected chi connectivity index (χ2v) is 1.29. The SMILES string of the molecule is C=CC(=O)NN.O=C([O-])C(=O)[O-].[K+].[K+]. The first-order valence-electron chi connectivity index (χ1n) is 2.51. The smallest absolute Gasteiger partial charge is 0.543 e. The van der Waals surface area contributed by atoms with E-state index in [-0.39, 0.29) is 109 Å². The third-order valence-electron chi connectivity index (χ3n) is 0.494. The predicted octanol–water partition coefficient (Wildman–Crippen LogP) is -10.3. The van der Waals surface area contributed by atoms with Crippen LogP contribution in [0.25, 0.3) is 0 Å². The van der Waals surface area contributed by atoms with E-state index in [1.165, 1.54) is 0 Å². The number of aliphatic carboxylic acids is 2. The van der Waals surface area contributed by atoms with E-state index < -0.39 is 11.9 Å². The number of amides is 1. The van der Waals surface area contributed by atoms with E-state index >= 15 is 0 Å². The average Bonchev–Trinajstić information content (AvgIpc) is 2.04. The Morgan fingerprint density at radius 1 is 1.14 bits per heavy atom. The van der Waals surface area contributed by atoms with Gasteiger partial charge in [0.2, 0.25) is 0 Å². The molecule has 0 rings (SSSR count). The van der Waals surface area contributed by atoms with E-state index in [0.717, 1.165) is 6.08 Å². The molecule has 0 aliphatic carbocycles. The monoisotopic (exact) mass is 252 g/mol. The Hall–Kier alpha value is 1.38. The number of nitrogens with two attached hydrogens (primary N) is 1. The van der Waals surface area contributed by atoms with E-state index in [2.05, 4.69) is 12.4 Å². The molecule has 0 aromatic carbocycles. The van der Waals surface area contributed by atoms with E-state index in [9.17, 15) is 4.79 Å². The van der Waals surface area contributed by atoms with Crippen molar-refractivity contribution in [2.45, 2.75) is 0 Å². The number of carbonyl (C=O) groups is 3. The number of carboxylic acids is 2. The van der Waals surface area contributed by atoms with Crippen molar-refractivity contribution < 1.29 is 127 Å². The molecule has 0 saturated carbocycles. The van der Waals surface area contributed by atoms with Crippen LogP contribution in [-0.2, 0) is 14.4 Å². The molecule has 68 valence electrons. The standard InChI is InChI=1S/C3H6N2O.C2H2O4.2K/c1-2-3(6)5-4;3-1(4)2(5)6;;/h2H,1,4H2,(H,5,6);(H,3,4)(H,5,6);;/q;;2*+1/p-2. The summed E-state index contributed by atoms with van der Waals surface area (Å²) in [7, 11) is 0. The van der Waals surface area contributed by atoms with Crippen LogP contribution in [0.3, 0.4) is 0 Å². The molecule has 0 spiro atoms. The molecule has 7 nitrogen and oxygen atoms in total. The maximum atomic E-state index is 9.83. The fourth-order valence-electron chi connectivity index (χ4n) is 0.0589. The van der Waals surface area contributed by atoms with Crippen LogP contribution in [-0.4, -0.2) is 17.8 Å². The summed E-state index contributed by atoms with van der Waals surface area (Å²) in [5.74, 6) is -0.124.